The fourth-order valence-corrected chi connectivity index (χ4v) is 8.37. The van der Waals surface area contributed by atoms with Crippen LogP contribution < -0.4 is 0 Å². The summed E-state index contributed by atoms with van der Waals surface area (Å²) in [4.78, 5) is 90.3. The lowest BCUT2D eigenvalue weighted by molar-refractivity contribution is 0.100. The quantitative estimate of drug-likeness (QED) is 0.101. The Hall–Kier alpha value is -9.00. The first-order valence-electron chi connectivity index (χ1n) is 21.3. The molecule has 0 bridgehead atoms. The van der Waals surface area contributed by atoms with Crippen LogP contribution in [0.3, 0.4) is 0 Å². The molecule has 0 aliphatic rings. The Morgan fingerprint density at radius 2 is 0.470 bits per heavy atom. The first-order valence-corrected chi connectivity index (χ1v) is 21.3. The second-order valence-corrected chi connectivity index (χ2v) is 15.5. The molecule has 0 aromatic heterocycles. The molecule has 314 valence electrons. The largest absolute Gasteiger partial charge is 0.289 e. The van der Waals surface area contributed by atoms with E-state index >= 15 is 14.4 Å². The van der Waals surface area contributed by atoms with Gasteiger partial charge in [-0.25, -0.2) is 0 Å². The van der Waals surface area contributed by atoms with E-state index in [4.69, 9.17) is 0 Å². The van der Waals surface area contributed by atoms with Crippen molar-refractivity contribution in [2.45, 2.75) is 0 Å². The van der Waals surface area contributed by atoms with Crippen LogP contribution in [0.4, 0.5) is 0 Å². The van der Waals surface area contributed by atoms with Crippen LogP contribution in [0.2, 0.25) is 0 Å². The van der Waals surface area contributed by atoms with E-state index in [0.717, 1.165) is 0 Å². The monoisotopic (exact) mass is 854 g/mol. The standard InChI is InChI=1S/C60H38O6/c61-55(39-21-7-1-8-22-39)48-35-19-33-45(52(48)58(64)42-27-13-4-14-28-42)46-37-38-50(57(63)41-25-11-3-12-26-41)54(60(66)44-31-17-6-18-32-44)51(46)47-34-20-36-49(56(62)40-23-9-2-10-24-40)53(47)59(65)43-29-15-5-16-30-43/h1-38H. The lowest BCUT2D eigenvalue weighted by Gasteiger charge is -2.23. The summed E-state index contributed by atoms with van der Waals surface area (Å²) in [5.74, 6) is -2.85. The maximum Gasteiger partial charge on any atom is 0.194 e. The van der Waals surface area contributed by atoms with Crippen LogP contribution in [0.25, 0.3) is 22.3 Å². The van der Waals surface area contributed by atoms with Gasteiger partial charge in [0, 0.05) is 72.3 Å². The predicted octanol–water partition coefficient (Wildman–Crippen LogP) is 12.4. The first-order chi connectivity index (χ1) is 32.3. The molecule has 0 aliphatic heterocycles. The molecule has 0 amide bonds. The van der Waals surface area contributed by atoms with E-state index in [-0.39, 0.29) is 66.8 Å². The summed E-state index contributed by atoms with van der Waals surface area (Å²) in [6.07, 6.45) is 0. The van der Waals surface area contributed by atoms with E-state index in [1.807, 2.05) is 0 Å². The minimum Gasteiger partial charge on any atom is -0.289 e. The molecule has 0 atom stereocenters. The van der Waals surface area contributed by atoms with E-state index in [0.29, 0.717) is 22.3 Å². The highest BCUT2D eigenvalue weighted by Crippen LogP contribution is 2.44. The molecular formula is C60H38O6. The Bertz CT molecular complexity index is 3310. The summed E-state index contributed by atoms with van der Waals surface area (Å²) >= 11 is 0. The van der Waals surface area contributed by atoms with Crippen molar-refractivity contribution < 1.29 is 28.8 Å². The Labute approximate surface area is 381 Å². The van der Waals surface area contributed by atoms with Gasteiger partial charge in [0.2, 0.25) is 0 Å². The van der Waals surface area contributed by atoms with Gasteiger partial charge in [-0.2, -0.15) is 0 Å². The molecule has 0 heterocycles. The zero-order valence-corrected chi connectivity index (χ0v) is 35.4. The number of ketones is 6. The third kappa shape index (κ3) is 8.18. The second-order valence-electron chi connectivity index (χ2n) is 15.5. The van der Waals surface area contributed by atoms with Crippen LogP contribution in [0.1, 0.15) is 95.5 Å². The molecule has 0 spiro atoms. The van der Waals surface area contributed by atoms with Crippen LogP contribution in [-0.2, 0) is 0 Å². The lowest BCUT2D eigenvalue weighted by atomic mass is 9.77. The van der Waals surface area contributed by atoms with Crippen molar-refractivity contribution in [1.29, 1.82) is 0 Å². The van der Waals surface area contributed by atoms with Crippen molar-refractivity contribution in [2.24, 2.45) is 0 Å². The fraction of sp³-hybridized carbons (Fsp3) is 0. The van der Waals surface area contributed by atoms with Gasteiger partial charge >= 0.3 is 0 Å². The van der Waals surface area contributed by atoms with Gasteiger partial charge in [0.1, 0.15) is 0 Å². The number of carbonyl (C=O) groups is 6. The topological polar surface area (TPSA) is 102 Å². The molecule has 9 rings (SSSR count). The zero-order chi connectivity index (χ0) is 45.6. The molecule has 0 saturated carbocycles. The van der Waals surface area contributed by atoms with Gasteiger partial charge < -0.3 is 0 Å². The Morgan fingerprint density at radius 1 is 0.197 bits per heavy atom. The molecule has 0 unspecified atom stereocenters. The smallest absolute Gasteiger partial charge is 0.194 e. The molecule has 0 fully saturated rings. The van der Waals surface area contributed by atoms with Gasteiger partial charge in [-0.1, -0.05) is 224 Å². The Kier molecular flexibility index (Phi) is 12.0. The normalized spacial score (nSPS) is 10.8. The predicted molar refractivity (Wildman–Crippen MR) is 257 cm³/mol. The van der Waals surface area contributed by atoms with Crippen molar-refractivity contribution in [2.75, 3.05) is 0 Å². The summed E-state index contributed by atoms with van der Waals surface area (Å²) < 4.78 is 0. The lowest BCUT2D eigenvalue weighted by Crippen LogP contribution is -2.18. The Morgan fingerprint density at radius 3 is 0.818 bits per heavy atom. The third-order valence-corrected chi connectivity index (χ3v) is 11.5. The van der Waals surface area contributed by atoms with Crippen LogP contribution in [0.5, 0.6) is 0 Å². The van der Waals surface area contributed by atoms with Crippen LogP contribution in [-0.4, -0.2) is 34.7 Å². The van der Waals surface area contributed by atoms with E-state index < -0.39 is 34.7 Å². The first kappa shape index (κ1) is 42.3. The molecular weight excluding hydrogens is 817 g/mol. The maximum absolute atomic E-state index is 15.5. The molecule has 9 aromatic carbocycles. The molecule has 6 nitrogen and oxygen atoms in total. The summed E-state index contributed by atoms with van der Waals surface area (Å²) in [5.41, 5.74) is 2.80. The summed E-state index contributed by atoms with van der Waals surface area (Å²) in [6.45, 7) is 0. The molecule has 9 aromatic rings. The van der Waals surface area contributed by atoms with Crippen LogP contribution >= 0.6 is 0 Å². The molecule has 0 saturated heterocycles. The molecule has 0 aliphatic carbocycles. The minimum atomic E-state index is -0.544. The summed E-state index contributed by atoms with van der Waals surface area (Å²) in [6, 6.07) is 64.4. The number of hydrogen-bond acceptors (Lipinski definition) is 6. The average molecular weight is 855 g/mol. The van der Waals surface area contributed by atoms with E-state index in [1.54, 1.807) is 231 Å². The highest BCUT2D eigenvalue weighted by molar-refractivity contribution is 6.28. The molecule has 0 N–H and O–H groups in total. The average Bonchev–Trinajstić information content (AvgIpc) is 3.40. The van der Waals surface area contributed by atoms with Gasteiger partial charge in [0.25, 0.3) is 0 Å². The van der Waals surface area contributed by atoms with Crippen molar-refractivity contribution in [3.63, 3.8) is 0 Å². The number of carbonyl (C=O) groups excluding carboxylic acids is 6. The van der Waals surface area contributed by atoms with Gasteiger partial charge in [-0.15, -0.1) is 0 Å². The van der Waals surface area contributed by atoms with Gasteiger partial charge in [0.15, 0.2) is 34.7 Å². The van der Waals surface area contributed by atoms with E-state index in [1.165, 1.54) is 0 Å². The molecule has 66 heavy (non-hydrogen) atoms. The van der Waals surface area contributed by atoms with Crippen molar-refractivity contribution in [1.82, 2.24) is 0 Å². The van der Waals surface area contributed by atoms with Crippen molar-refractivity contribution in [3.05, 3.63) is 297 Å². The van der Waals surface area contributed by atoms with E-state index in [9.17, 15) is 14.4 Å². The van der Waals surface area contributed by atoms with Gasteiger partial charge in [0.05, 0.1) is 0 Å². The van der Waals surface area contributed by atoms with Gasteiger partial charge in [-0.05, 0) is 22.8 Å². The number of rotatable bonds is 14. The van der Waals surface area contributed by atoms with Gasteiger partial charge in [-0.3, -0.25) is 28.8 Å². The highest BCUT2D eigenvalue weighted by atomic mass is 16.1. The SMILES string of the molecule is O=C(c1ccccc1)c1cccc(-c2ccc(C(=O)c3ccccc3)c(C(=O)c3ccccc3)c2-c2cccc(C(=O)c3ccccc3)c2C(=O)c2ccccc2)c1C(=O)c1ccccc1. The third-order valence-electron chi connectivity index (χ3n) is 11.5. The number of benzene rings is 9. The van der Waals surface area contributed by atoms with Crippen LogP contribution in [0.15, 0.2) is 231 Å². The van der Waals surface area contributed by atoms with Crippen molar-refractivity contribution in [3.8, 4) is 22.3 Å². The zero-order valence-electron chi connectivity index (χ0n) is 35.4. The second kappa shape index (κ2) is 18.8. The van der Waals surface area contributed by atoms with Crippen molar-refractivity contribution >= 4 is 34.7 Å². The minimum absolute atomic E-state index is 0.0160. The highest BCUT2D eigenvalue weighted by Gasteiger charge is 2.33. The summed E-state index contributed by atoms with van der Waals surface area (Å²) in [7, 11) is 0. The maximum atomic E-state index is 15.5. The number of hydrogen-bond donors (Lipinski definition) is 0. The van der Waals surface area contributed by atoms with E-state index in [2.05, 4.69) is 0 Å². The van der Waals surface area contributed by atoms with Crippen LogP contribution in [0, 0.1) is 0 Å². The molecule has 0 radical (unpaired) electrons. The summed E-state index contributed by atoms with van der Waals surface area (Å²) in [5, 5.41) is 0. The molecule has 6 heteroatoms. The Balaban J connectivity index is 1.46. The fourth-order valence-electron chi connectivity index (χ4n) is 8.37.